The number of carbonyl (C=O) groups excluding carboxylic acids is 2. The van der Waals surface area contributed by atoms with Crippen molar-refractivity contribution in [2.45, 2.75) is 18.9 Å². The fourth-order valence-corrected chi connectivity index (χ4v) is 3.44. The minimum Gasteiger partial charge on any atom is -0.359 e. The highest BCUT2D eigenvalue weighted by molar-refractivity contribution is 6.23. The summed E-state index contributed by atoms with van der Waals surface area (Å²) < 4.78 is 26.5. The van der Waals surface area contributed by atoms with Crippen LogP contribution in [0.5, 0.6) is 0 Å². The first-order valence-corrected chi connectivity index (χ1v) is 7.72. The second-order valence-electron chi connectivity index (χ2n) is 5.96. The fraction of sp³-hybridized carbons (Fsp3) is 0.222. The topological polar surface area (TPSA) is 40.6 Å². The van der Waals surface area contributed by atoms with Crippen molar-refractivity contribution >= 4 is 23.2 Å². The lowest BCUT2D eigenvalue weighted by atomic mass is 10.1. The summed E-state index contributed by atoms with van der Waals surface area (Å²) in [6.45, 7) is 0.661. The first kappa shape index (κ1) is 14.8. The summed E-state index contributed by atoms with van der Waals surface area (Å²) in [5.74, 6) is -2.89. The molecular formula is C18H14F2N2O2. The highest BCUT2D eigenvalue weighted by atomic mass is 19.2. The normalized spacial score (nSPS) is 20.0. The lowest BCUT2D eigenvalue weighted by Gasteiger charge is -2.25. The summed E-state index contributed by atoms with van der Waals surface area (Å²) in [7, 11) is 0. The molecule has 122 valence electrons. The molecule has 0 unspecified atom stereocenters. The van der Waals surface area contributed by atoms with Crippen LogP contribution in [0.25, 0.3) is 0 Å². The Labute approximate surface area is 137 Å². The smallest absolute Gasteiger partial charge is 0.256 e. The van der Waals surface area contributed by atoms with E-state index in [1.54, 1.807) is 0 Å². The molecule has 0 radical (unpaired) electrons. The van der Waals surface area contributed by atoms with Gasteiger partial charge in [-0.1, -0.05) is 18.2 Å². The molecule has 0 N–H and O–H groups in total. The molecule has 1 atom stereocenters. The molecule has 2 amide bonds. The van der Waals surface area contributed by atoms with Crippen LogP contribution < -0.4 is 9.80 Å². The maximum absolute atomic E-state index is 13.4. The Hall–Kier alpha value is -2.76. The maximum Gasteiger partial charge on any atom is 0.256 e. The summed E-state index contributed by atoms with van der Waals surface area (Å²) >= 11 is 0. The first-order chi connectivity index (χ1) is 11.6. The Morgan fingerprint density at radius 1 is 1.00 bits per heavy atom. The molecule has 2 aromatic rings. The van der Waals surface area contributed by atoms with Crippen LogP contribution in [0.4, 0.5) is 20.2 Å². The fourth-order valence-electron chi connectivity index (χ4n) is 3.44. The van der Waals surface area contributed by atoms with E-state index in [0.29, 0.717) is 6.54 Å². The van der Waals surface area contributed by atoms with Crippen molar-refractivity contribution in [2.24, 2.45) is 0 Å². The summed E-state index contributed by atoms with van der Waals surface area (Å²) in [6, 6.07) is 10.2. The lowest BCUT2D eigenvalue weighted by molar-refractivity contribution is -0.121. The zero-order valence-corrected chi connectivity index (χ0v) is 12.7. The van der Waals surface area contributed by atoms with E-state index in [-0.39, 0.29) is 12.1 Å². The molecule has 4 rings (SSSR count). The van der Waals surface area contributed by atoms with Crippen LogP contribution >= 0.6 is 0 Å². The first-order valence-electron chi connectivity index (χ1n) is 7.72. The third-order valence-electron chi connectivity index (χ3n) is 4.58. The summed E-state index contributed by atoms with van der Waals surface area (Å²) in [5, 5.41) is 0. The van der Waals surface area contributed by atoms with Crippen LogP contribution in [0, 0.1) is 11.6 Å². The second-order valence-corrected chi connectivity index (χ2v) is 5.96. The molecule has 4 nitrogen and oxygen atoms in total. The number of hydrogen-bond donors (Lipinski definition) is 0. The standard InChI is InChI=1S/C18H14F2N2O2/c19-13-6-5-12(9-14(13)20)22-17(23)10-16(18(22)24)21-8-7-11-3-1-2-4-15(11)21/h1-6,9,16H,7-8,10H2/t16-/m0/s1. The summed E-state index contributed by atoms with van der Waals surface area (Å²) in [5.41, 5.74) is 2.17. The number of amides is 2. The van der Waals surface area contributed by atoms with E-state index >= 15 is 0 Å². The number of hydrogen-bond acceptors (Lipinski definition) is 3. The van der Waals surface area contributed by atoms with Crippen LogP contribution in [0.3, 0.4) is 0 Å². The third-order valence-corrected chi connectivity index (χ3v) is 4.58. The van der Waals surface area contributed by atoms with Gasteiger partial charge in [0.15, 0.2) is 11.6 Å². The number of nitrogens with zero attached hydrogens (tertiary/aromatic N) is 2. The molecule has 2 aliphatic rings. The summed E-state index contributed by atoms with van der Waals surface area (Å²) in [6.07, 6.45) is 0.853. The van der Waals surface area contributed by atoms with Gasteiger partial charge in [0.05, 0.1) is 12.1 Å². The minimum atomic E-state index is -1.08. The van der Waals surface area contributed by atoms with Gasteiger partial charge >= 0.3 is 0 Å². The molecule has 2 aromatic carbocycles. The summed E-state index contributed by atoms with van der Waals surface area (Å²) in [4.78, 5) is 28.0. The predicted octanol–water partition coefficient (Wildman–Crippen LogP) is 2.66. The molecule has 0 bridgehead atoms. The quantitative estimate of drug-likeness (QED) is 0.796. The van der Waals surface area contributed by atoms with Gasteiger partial charge < -0.3 is 4.90 Å². The molecular weight excluding hydrogens is 314 g/mol. The van der Waals surface area contributed by atoms with Gasteiger partial charge in [0.2, 0.25) is 5.91 Å². The second kappa shape index (κ2) is 5.40. The van der Waals surface area contributed by atoms with Crippen molar-refractivity contribution in [1.82, 2.24) is 0 Å². The van der Waals surface area contributed by atoms with Crippen LogP contribution in [0.2, 0.25) is 0 Å². The molecule has 1 saturated heterocycles. The van der Waals surface area contributed by atoms with Gasteiger partial charge in [0, 0.05) is 18.3 Å². The molecule has 0 saturated carbocycles. The average molecular weight is 328 g/mol. The van der Waals surface area contributed by atoms with Gasteiger partial charge in [-0.15, -0.1) is 0 Å². The monoisotopic (exact) mass is 328 g/mol. The van der Waals surface area contributed by atoms with Gasteiger partial charge in [0.1, 0.15) is 6.04 Å². The molecule has 0 aliphatic carbocycles. The largest absolute Gasteiger partial charge is 0.359 e. The van der Waals surface area contributed by atoms with Crippen LogP contribution in [-0.4, -0.2) is 24.4 Å². The van der Waals surface area contributed by atoms with E-state index in [9.17, 15) is 18.4 Å². The van der Waals surface area contributed by atoms with Gasteiger partial charge in [0.25, 0.3) is 5.91 Å². The average Bonchev–Trinajstić information content (AvgIpc) is 3.11. The Balaban J connectivity index is 1.66. The maximum atomic E-state index is 13.4. The van der Waals surface area contributed by atoms with E-state index in [1.165, 1.54) is 6.07 Å². The molecule has 2 aliphatic heterocycles. The van der Waals surface area contributed by atoms with Gasteiger partial charge in [-0.25, -0.2) is 13.7 Å². The molecule has 1 fully saturated rings. The Bertz CT molecular complexity index is 853. The third kappa shape index (κ3) is 2.18. The van der Waals surface area contributed by atoms with E-state index < -0.39 is 29.5 Å². The molecule has 2 heterocycles. The van der Waals surface area contributed by atoms with Crippen molar-refractivity contribution in [3.63, 3.8) is 0 Å². The van der Waals surface area contributed by atoms with E-state index in [2.05, 4.69) is 0 Å². The molecule has 0 spiro atoms. The minimum absolute atomic E-state index is 0.0339. The molecule has 6 heteroatoms. The number of para-hydroxylation sites is 1. The van der Waals surface area contributed by atoms with Gasteiger partial charge in [-0.3, -0.25) is 9.59 Å². The van der Waals surface area contributed by atoms with E-state index in [1.807, 2.05) is 29.2 Å². The zero-order valence-electron chi connectivity index (χ0n) is 12.7. The number of fused-ring (bicyclic) bond motifs is 1. The Morgan fingerprint density at radius 3 is 2.58 bits per heavy atom. The van der Waals surface area contributed by atoms with Crippen molar-refractivity contribution in [2.75, 3.05) is 16.3 Å². The highest BCUT2D eigenvalue weighted by Crippen LogP contribution is 2.34. The lowest BCUT2D eigenvalue weighted by Crippen LogP contribution is -2.41. The number of imide groups is 1. The number of rotatable bonds is 2. The van der Waals surface area contributed by atoms with E-state index in [0.717, 1.165) is 34.7 Å². The van der Waals surface area contributed by atoms with Gasteiger partial charge in [-0.05, 0) is 30.2 Å². The number of halogens is 2. The number of carbonyl (C=O) groups is 2. The molecule has 0 aromatic heterocycles. The van der Waals surface area contributed by atoms with Gasteiger partial charge in [-0.2, -0.15) is 0 Å². The van der Waals surface area contributed by atoms with Crippen LogP contribution in [-0.2, 0) is 16.0 Å². The Kier molecular flexibility index (Phi) is 3.33. The van der Waals surface area contributed by atoms with Crippen LogP contribution in [0.15, 0.2) is 42.5 Å². The van der Waals surface area contributed by atoms with Crippen LogP contribution in [0.1, 0.15) is 12.0 Å². The van der Waals surface area contributed by atoms with Crippen molar-refractivity contribution in [1.29, 1.82) is 0 Å². The van der Waals surface area contributed by atoms with Crippen molar-refractivity contribution in [3.05, 3.63) is 59.7 Å². The zero-order chi connectivity index (χ0) is 16.8. The van der Waals surface area contributed by atoms with Crippen molar-refractivity contribution in [3.8, 4) is 0 Å². The van der Waals surface area contributed by atoms with E-state index in [4.69, 9.17) is 0 Å². The predicted molar refractivity (Wildman–Crippen MR) is 84.7 cm³/mol. The van der Waals surface area contributed by atoms with Crippen molar-refractivity contribution < 1.29 is 18.4 Å². The Morgan fingerprint density at radius 2 is 1.79 bits per heavy atom. The highest BCUT2D eigenvalue weighted by Gasteiger charge is 2.44. The SMILES string of the molecule is O=C1C[C@H](N2CCc3ccccc32)C(=O)N1c1ccc(F)c(F)c1. The number of benzene rings is 2. The molecule has 24 heavy (non-hydrogen) atoms. The number of anilines is 2.